The predicted octanol–water partition coefficient (Wildman–Crippen LogP) is 5.04. The molecular weight excluding hydrogens is 279 g/mol. The van der Waals surface area contributed by atoms with Crippen LogP contribution in [0.4, 0.5) is 0 Å². The third-order valence-corrected chi connectivity index (χ3v) is 4.07. The van der Waals surface area contributed by atoms with E-state index in [9.17, 15) is 4.79 Å². The van der Waals surface area contributed by atoms with Gasteiger partial charge in [0, 0.05) is 12.0 Å². The van der Waals surface area contributed by atoms with Crippen LogP contribution in [-0.4, -0.2) is 5.78 Å². The maximum Gasteiger partial charge on any atom is 0.167 e. The zero-order chi connectivity index (χ0) is 14.0. The largest absolute Gasteiger partial charge is 0.294 e. The number of carbonyl (C=O) groups excluding carboxylic acids is 1. The van der Waals surface area contributed by atoms with Crippen molar-refractivity contribution >= 4 is 29.0 Å². The molecule has 0 heterocycles. The Hall–Kier alpha value is -1.31. The fourth-order valence-electron chi connectivity index (χ4n) is 1.87. The quantitative estimate of drug-likeness (QED) is 0.725. The Morgan fingerprint density at radius 3 is 2.47 bits per heavy atom. The van der Waals surface area contributed by atoms with Gasteiger partial charge < -0.3 is 0 Å². The zero-order valence-corrected chi connectivity index (χ0v) is 12.3. The van der Waals surface area contributed by atoms with Gasteiger partial charge >= 0.3 is 0 Å². The van der Waals surface area contributed by atoms with Gasteiger partial charge in [0.1, 0.15) is 0 Å². The molecule has 0 spiro atoms. The smallest absolute Gasteiger partial charge is 0.167 e. The van der Waals surface area contributed by atoms with Crippen molar-refractivity contribution in [2.75, 3.05) is 0 Å². The molecule has 3 heteroatoms. The molecule has 0 amide bonds. The molecule has 2 aromatic rings. The Labute approximate surface area is 123 Å². The van der Waals surface area contributed by atoms with E-state index in [1.54, 1.807) is 12.1 Å². The van der Waals surface area contributed by atoms with Crippen LogP contribution in [0.3, 0.4) is 0 Å². The molecule has 0 aliphatic heterocycles. The molecule has 0 saturated heterocycles. The average Bonchev–Trinajstić information content (AvgIpc) is 2.38. The molecule has 0 aliphatic rings. The Bertz CT molecular complexity index is 633. The van der Waals surface area contributed by atoms with Crippen molar-refractivity contribution in [2.45, 2.75) is 20.3 Å². The van der Waals surface area contributed by atoms with Crippen LogP contribution in [0.25, 0.3) is 0 Å². The van der Waals surface area contributed by atoms with Crippen LogP contribution < -0.4 is 0 Å². The fourth-order valence-corrected chi connectivity index (χ4v) is 2.26. The molecule has 0 saturated carbocycles. The van der Waals surface area contributed by atoms with E-state index in [0.29, 0.717) is 15.6 Å². The number of rotatable bonds is 3. The minimum absolute atomic E-state index is 0.0484. The molecule has 98 valence electrons. The van der Waals surface area contributed by atoms with Crippen LogP contribution in [0, 0.1) is 13.8 Å². The summed E-state index contributed by atoms with van der Waals surface area (Å²) in [6.07, 6.45) is 0.266. The lowest BCUT2D eigenvalue weighted by Crippen LogP contribution is -2.04. The number of carbonyl (C=O) groups is 1. The third kappa shape index (κ3) is 3.17. The molecule has 0 radical (unpaired) electrons. The minimum Gasteiger partial charge on any atom is -0.294 e. The van der Waals surface area contributed by atoms with E-state index in [1.807, 2.05) is 38.1 Å². The van der Waals surface area contributed by atoms with E-state index >= 15 is 0 Å². The predicted molar refractivity (Wildman–Crippen MR) is 80.4 cm³/mol. The average molecular weight is 293 g/mol. The zero-order valence-electron chi connectivity index (χ0n) is 10.8. The van der Waals surface area contributed by atoms with Crippen molar-refractivity contribution in [3.05, 3.63) is 68.7 Å². The summed E-state index contributed by atoms with van der Waals surface area (Å²) in [6.45, 7) is 4.02. The standard InChI is InChI=1S/C16H14Cl2O/c1-10-6-7-12(8-11(10)2)15(19)9-13-4-3-5-14(17)16(13)18/h3-8H,9H2,1-2H3. The number of ketones is 1. The highest BCUT2D eigenvalue weighted by Gasteiger charge is 2.11. The van der Waals surface area contributed by atoms with E-state index in [2.05, 4.69) is 0 Å². The number of hydrogen-bond donors (Lipinski definition) is 0. The van der Waals surface area contributed by atoms with E-state index < -0.39 is 0 Å². The third-order valence-electron chi connectivity index (χ3n) is 3.21. The Morgan fingerprint density at radius 2 is 1.79 bits per heavy atom. The molecule has 0 aromatic heterocycles. The Morgan fingerprint density at radius 1 is 1.05 bits per heavy atom. The minimum atomic E-state index is 0.0484. The second-order valence-corrected chi connectivity index (χ2v) is 5.40. The summed E-state index contributed by atoms with van der Waals surface area (Å²) in [5.41, 5.74) is 3.76. The monoisotopic (exact) mass is 292 g/mol. The highest BCUT2D eigenvalue weighted by Crippen LogP contribution is 2.26. The molecule has 1 nitrogen and oxygen atoms in total. The van der Waals surface area contributed by atoms with Gasteiger partial charge in [0.05, 0.1) is 10.0 Å². The van der Waals surface area contributed by atoms with Gasteiger partial charge in [-0.1, -0.05) is 47.5 Å². The molecule has 19 heavy (non-hydrogen) atoms. The maximum absolute atomic E-state index is 12.2. The summed E-state index contributed by atoms with van der Waals surface area (Å²) in [5, 5.41) is 0.938. The van der Waals surface area contributed by atoms with Crippen molar-refractivity contribution in [2.24, 2.45) is 0 Å². The molecule has 0 unspecified atom stereocenters. The van der Waals surface area contributed by atoms with Gasteiger partial charge in [-0.3, -0.25) is 4.79 Å². The highest BCUT2D eigenvalue weighted by atomic mass is 35.5. The first kappa shape index (κ1) is 14.1. The van der Waals surface area contributed by atoms with E-state index in [0.717, 1.165) is 11.1 Å². The molecule has 0 atom stereocenters. The van der Waals surface area contributed by atoms with Crippen molar-refractivity contribution in [3.63, 3.8) is 0 Å². The summed E-state index contributed by atoms with van der Waals surface area (Å²) in [6, 6.07) is 11.1. The van der Waals surface area contributed by atoms with Crippen molar-refractivity contribution in [1.82, 2.24) is 0 Å². The van der Waals surface area contributed by atoms with Crippen LogP contribution in [-0.2, 0) is 6.42 Å². The van der Waals surface area contributed by atoms with Crippen LogP contribution >= 0.6 is 23.2 Å². The summed E-state index contributed by atoms with van der Waals surface area (Å²) in [7, 11) is 0. The Balaban J connectivity index is 2.26. The number of Topliss-reactive ketones (excluding diaryl/α,β-unsaturated/α-hetero) is 1. The van der Waals surface area contributed by atoms with Gasteiger partial charge in [-0.25, -0.2) is 0 Å². The van der Waals surface area contributed by atoms with Crippen LogP contribution in [0.2, 0.25) is 10.0 Å². The van der Waals surface area contributed by atoms with Crippen LogP contribution in [0.15, 0.2) is 36.4 Å². The summed E-state index contributed by atoms with van der Waals surface area (Å²) in [4.78, 5) is 12.2. The molecule has 0 fully saturated rings. The summed E-state index contributed by atoms with van der Waals surface area (Å²) < 4.78 is 0. The van der Waals surface area contributed by atoms with Gasteiger partial charge in [-0.15, -0.1) is 0 Å². The number of benzene rings is 2. The highest BCUT2D eigenvalue weighted by molar-refractivity contribution is 6.42. The van der Waals surface area contributed by atoms with Crippen LogP contribution in [0.5, 0.6) is 0 Å². The lowest BCUT2D eigenvalue weighted by Gasteiger charge is -2.07. The topological polar surface area (TPSA) is 17.1 Å². The first-order valence-corrected chi connectivity index (χ1v) is 6.78. The molecular formula is C16H14Cl2O. The molecule has 0 bridgehead atoms. The lowest BCUT2D eigenvalue weighted by atomic mass is 9.99. The van der Waals surface area contributed by atoms with Crippen molar-refractivity contribution in [1.29, 1.82) is 0 Å². The van der Waals surface area contributed by atoms with E-state index in [1.165, 1.54) is 5.56 Å². The van der Waals surface area contributed by atoms with Gasteiger partial charge in [-0.2, -0.15) is 0 Å². The van der Waals surface area contributed by atoms with E-state index in [4.69, 9.17) is 23.2 Å². The SMILES string of the molecule is Cc1ccc(C(=O)Cc2cccc(Cl)c2Cl)cc1C. The second kappa shape index (κ2) is 5.77. The van der Waals surface area contributed by atoms with Crippen molar-refractivity contribution in [3.8, 4) is 0 Å². The first-order valence-electron chi connectivity index (χ1n) is 6.02. The summed E-state index contributed by atoms with van der Waals surface area (Å²) >= 11 is 12.0. The van der Waals surface area contributed by atoms with Gasteiger partial charge in [0.25, 0.3) is 0 Å². The van der Waals surface area contributed by atoms with Gasteiger partial charge in [0.2, 0.25) is 0 Å². The van der Waals surface area contributed by atoms with Crippen molar-refractivity contribution < 1.29 is 4.79 Å². The first-order chi connectivity index (χ1) is 8.99. The summed E-state index contributed by atoms with van der Waals surface area (Å²) in [5.74, 6) is 0.0484. The van der Waals surface area contributed by atoms with Gasteiger partial charge in [-0.05, 0) is 42.7 Å². The molecule has 2 aromatic carbocycles. The number of aryl methyl sites for hydroxylation is 2. The maximum atomic E-state index is 12.2. The normalized spacial score (nSPS) is 10.5. The molecule has 2 rings (SSSR count). The fraction of sp³-hybridized carbons (Fsp3) is 0.188. The van der Waals surface area contributed by atoms with E-state index in [-0.39, 0.29) is 12.2 Å². The van der Waals surface area contributed by atoms with Gasteiger partial charge in [0.15, 0.2) is 5.78 Å². The Kier molecular flexibility index (Phi) is 4.28. The second-order valence-electron chi connectivity index (χ2n) is 4.61. The molecule has 0 N–H and O–H groups in total. The molecule has 0 aliphatic carbocycles. The van der Waals surface area contributed by atoms with Crippen LogP contribution in [0.1, 0.15) is 27.0 Å². The lowest BCUT2D eigenvalue weighted by molar-refractivity contribution is 0.0993. The number of halogens is 2. The number of hydrogen-bond acceptors (Lipinski definition) is 1.